The average Bonchev–Trinajstić information content (AvgIpc) is 3.24. The Morgan fingerprint density at radius 3 is 1.88 bits per heavy atom. The van der Waals surface area contributed by atoms with Crippen molar-refractivity contribution < 1.29 is 9.68 Å². The average molecular weight is 767 g/mol. The molecule has 0 aromatic heterocycles. The maximum atomic E-state index is 15.5. The molecule has 0 atom stereocenters. The zero-order valence-electron chi connectivity index (χ0n) is 34.4. The molecule has 4 N–H and O–H groups in total. The van der Waals surface area contributed by atoms with Gasteiger partial charge in [0.2, 0.25) is 5.71 Å². The highest BCUT2D eigenvalue weighted by atomic mass is 16.3. The highest BCUT2D eigenvalue weighted by molar-refractivity contribution is 6.27. The second-order valence-electron chi connectivity index (χ2n) is 15.5. The van der Waals surface area contributed by atoms with E-state index in [1.54, 1.807) is 0 Å². The molecule has 0 unspecified atom stereocenters. The number of nitrogens with two attached hydrogens (primary N) is 2. The first kappa shape index (κ1) is 39.9. The predicted octanol–water partition coefficient (Wildman–Crippen LogP) is 10.6. The van der Waals surface area contributed by atoms with Crippen LogP contribution in [0.1, 0.15) is 107 Å². The van der Waals surface area contributed by atoms with Crippen LogP contribution in [-0.2, 0) is 0 Å². The van der Waals surface area contributed by atoms with Crippen LogP contribution in [0.15, 0.2) is 108 Å². The molecule has 0 amide bonds. The van der Waals surface area contributed by atoms with E-state index in [1.807, 2.05) is 48.5 Å². The van der Waals surface area contributed by atoms with Gasteiger partial charge in [-0.3, -0.25) is 0 Å². The number of hydrogen-bond donors (Lipinski definition) is 2. The van der Waals surface area contributed by atoms with Crippen molar-refractivity contribution in [1.29, 1.82) is 5.26 Å². The van der Waals surface area contributed by atoms with Crippen LogP contribution in [0.4, 0.5) is 17.1 Å². The lowest BCUT2D eigenvalue weighted by atomic mass is 9.69. The minimum Gasteiger partial charge on any atom is -0.872 e. The molecule has 7 heteroatoms. The highest BCUT2D eigenvalue weighted by Crippen LogP contribution is 2.56. The molecular formula is C51H54N6O. The fraction of sp³-hybridized carbons (Fsp3) is 0.314. The molecule has 0 bridgehead atoms. The van der Waals surface area contributed by atoms with Gasteiger partial charge in [-0.25, -0.2) is 14.7 Å². The van der Waals surface area contributed by atoms with Crippen molar-refractivity contribution in [2.24, 2.45) is 0 Å². The van der Waals surface area contributed by atoms with E-state index in [-0.39, 0.29) is 11.5 Å². The van der Waals surface area contributed by atoms with Crippen molar-refractivity contribution >= 4 is 55.5 Å². The molecule has 7 rings (SSSR count). The van der Waals surface area contributed by atoms with Crippen LogP contribution in [-0.4, -0.2) is 36.5 Å². The Morgan fingerprint density at radius 2 is 1.24 bits per heavy atom. The summed E-state index contributed by atoms with van der Waals surface area (Å²) >= 11 is 0. The monoisotopic (exact) mass is 766 g/mol. The molecular weight excluding hydrogens is 713 g/mol. The molecule has 0 spiro atoms. The lowest BCUT2D eigenvalue weighted by molar-refractivity contribution is -0.528. The Kier molecular flexibility index (Phi) is 12.0. The standard InChI is InChI=1S/C51H54N6O/c1-6-10-28-56(29-11-7-2)49-35-22-16-14-20-33(35)44(42-37(49)24-18-26-39(42)53)47-46(41(32-52)55-5)48(51(47)58)45-34-21-15-17-23-36(34)50(38-25-19-27-40(54)43(38)45)57(30-12-8-3)31-13-9-4/h14-27H,6-13,28-31,53-54H2,1-4H3. The number of fused-ring (bicyclic) bond motifs is 4. The van der Waals surface area contributed by atoms with E-state index in [0.717, 1.165) is 133 Å². The molecule has 58 heavy (non-hydrogen) atoms. The lowest BCUT2D eigenvalue weighted by Crippen LogP contribution is -2.32. The Hall–Kier alpha value is -6.31. The zero-order valence-corrected chi connectivity index (χ0v) is 34.4. The van der Waals surface area contributed by atoms with Crippen LogP contribution in [0.25, 0.3) is 37.5 Å². The first-order valence-electron chi connectivity index (χ1n) is 21.1. The van der Waals surface area contributed by atoms with Crippen LogP contribution in [0.2, 0.25) is 0 Å². The molecule has 0 aliphatic heterocycles. The number of anilines is 3. The van der Waals surface area contributed by atoms with E-state index in [4.69, 9.17) is 18.0 Å². The maximum Gasteiger partial charge on any atom is 0.270 e. The first-order valence-corrected chi connectivity index (χ1v) is 21.1. The Balaban J connectivity index is 1.62. The van der Waals surface area contributed by atoms with Gasteiger partial charge in [0.25, 0.3) is 5.70 Å². The summed E-state index contributed by atoms with van der Waals surface area (Å²) in [5.41, 5.74) is 23.1. The largest absolute Gasteiger partial charge is 0.872 e. The summed E-state index contributed by atoms with van der Waals surface area (Å²) in [7, 11) is 0. The topological polar surface area (TPSA) is 110 Å². The van der Waals surface area contributed by atoms with E-state index < -0.39 is 0 Å². The van der Waals surface area contributed by atoms with E-state index >= 15 is 5.11 Å². The van der Waals surface area contributed by atoms with Crippen molar-refractivity contribution in [3.63, 3.8) is 0 Å². The van der Waals surface area contributed by atoms with Gasteiger partial charge in [0, 0.05) is 64.6 Å². The molecule has 2 aliphatic carbocycles. The molecule has 0 saturated carbocycles. The van der Waals surface area contributed by atoms with Gasteiger partial charge in [-0.15, -0.1) is 0 Å². The molecule has 0 fully saturated rings. The Bertz CT molecular complexity index is 2590. The van der Waals surface area contributed by atoms with Gasteiger partial charge in [0.05, 0.1) is 29.5 Å². The number of nitrogen functional groups attached to an aromatic ring is 2. The van der Waals surface area contributed by atoms with Gasteiger partial charge in [-0.1, -0.05) is 120 Å². The summed E-state index contributed by atoms with van der Waals surface area (Å²) in [5.74, 6) is -0.223. The fourth-order valence-corrected chi connectivity index (χ4v) is 9.00. The summed E-state index contributed by atoms with van der Waals surface area (Å²) in [6.07, 6.45) is 8.43. The van der Waals surface area contributed by atoms with E-state index in [9.17, 15) is 5.26 Å². The SMILES string of the molecule is [C-]#[N+]/C(C#N)=C1C(c2c3ccccc3c(N(CCCC)CCCC)c3cccc(N)c23)=C([O-])C/1=C1\c2ccccc2C(=[N+](CCCC)CCCC)c2cccc(N)c21. The molecule has 5 aromatic rings. The zero-order chi connectivity index (χ0) is 40.9. The summed E-state index contributed by atoms with van der Waals surface area (Å²) in [5, 5.41) is 29.8. The molecule has 7 nitrogen and oxygen atoms in total. The highest BCUT2D eigenvalue weighted by Gasteiger charge is 2.40. The van der Waals surface area contributed by atoms with Crippen LogP contribution in [0, 0.1) is 17.9 Å². The third-order valence-electron chi connectivity index (χ3n) is 11.8. The van der Waals surface area contributed by atoms with Crippen molar-refractivity contribution in [1.82, 2.24) is 0 Å². The van der Waals surface area contributed by atoms with Gasteiger partial charge in [0.1, 0.15) is 13.1 Å². The Labute approximate surface area is 343 Å². The fourth-order valence-electron chi connectivity index (χ4n) is 9.00. The van der Waals surface area contributed by atoms with Crippen molar-refractivity contribution in [3.8, 4) is 6.07 Å². The van der Waals surface area contributed by atoms with Gasteiger partial charge in [-0.05, 0) is 70.3 Å². The molecule has 294 valence electrons. The molecule has 0 radical (unpaired) electrons. The number of unbranched alkanes of at least 4 members (excludes halogenated alkanes) is 4. The molecule has 0 saturated heterocycles. The predicted molar refractivity (Wildman–Crippen MR) is 240 cm³/mol. The van der Waals surface area contributed by atoms with E-state index in [0.29, 0.717) is 39.2 Å². The third-order valence-corrected chi connectivity index (χ3v) is 11.8. The number of nitriles is 1. The van der Waals surface area contributed by atoms with Crippen molar-refractivity contribution in [2.45, 2.75) is 79.1 Å². The van der Waals surface area contributed by atoms with Gasteiger partial charge in [0.15, 0.2) is 0 Å². The number of nitrogens with zero attached hydrogens (tertiary/aromatic N) is 4. The number of allylic oxidation sites excluding steroid dienone is 3. The lowest BCUT2D eigenvalue weighted by Gasteiger charge is -2.41. The van der Waals surface area contributed by atoms with Crippen LogP contribution < -0.4 is 21.5 Å². The van der Waals surface area contributed by atoms with Crippen molar-refractivity contribution in [3.05, 3.63) is 147 Å². The minimum absolute atomic E-state index is 0.128. The summed E-state index contributed by atoms with van der Waals surface area (Å²) in [6, 6.07) is 30.5. The third kappa shape index (κ3) is 6.79. The molecule has 5 aromatic carbocycles. The maximum absolute atomic E-state index is 15.5. The summed E-state index contributed by atoms with van der Waals surface area (Å²) in [4.78, 5) is 6.28. The summed E-state index contributed by atoms with van der Waals surface area (Å²) in [6.45, 7) is 20.7. The van der Waals surface area contributed by atoms with Gasteiger partial charge >= 0.3 is 0 Å². The van der Waals surface area contributed by atoms with Gasteiger partial charge < -0.3 is 21.5 Å². The smallest absolute Gasteiger partial charge is 0.270 e. The molecule has 2 aliphatic rings. The summed E-state index contributed by atoms with van der Waals surface area (Å²) < 4.78 is 2.48. The van der Waals surface area contributed by atoms with Gasteiger partial charge in [-0.2, -0.15) is 0 Å². The van der Waals surface area contributed by atoms with Crippen molar-refractivity contribution in [2.75, 3.05) is 42.5 Å². The minimum atomic E-state index is -0.223. The Morgan fingerprint density at radius 1 is 0.672 bits per heavy atom. The number of benzene rings is 5. The quantitative estimate of drug-likeness (QED) is 0.0377. The van der Waals surface area contributed by atoms with Crippen LogP contribution in [0.3, 0.4) is 0 Å². The van der Waals surface area contributed by atoms with Crippen LogP contribution >= 0.6 is 0 Å². The first-order chi connectivity index (χ1) is 28.4. The second kappa shape index (κ2) is 17.5. The molecule has 0 heterocycles. The van der Waals surface area contributed by atoms with E-state index in [1.165, 1.54) is 0 Å². The van der Waals surface area contributed by atoms with Crippen LogP contribution in [0.5, 0.6) is 0 Å². The normalized spacial score (nSPS) is 15.4. The van der Waals surface area contributed by atoms with E-state index in [2.05, 4.69) is 84.5 Å². The second-order valence-corrected chi connectivity index (χ2v) is 15.5. The number of rotatable bonds is 14. The number of hydrogen-bond acceptors (Lipinski definition) is 5.